The predicted molar refractivity (Wildman–Crippen MR) is 125 cm³/mol. The molecule has 2 bridgehead atoms. The molecule has 0 aliphatic heterocycles. The van der Waals surface area contributed by atoms with Crippen LogP contribution in [-0.4, -0.2) is 43.6 Å². The number of Topliss-reactive ketones (excluding diaryl/α,β-unsaturated/α-hetero) is 1. The molecule has 0 radical (unpaired) electrons. The second-order valence-corrected chi connectivity index (χ2v) is 11.6. The Morgan fingerprint density at radius 3 is 2.64 bits per heavy atom. The minimum atomic E-state index is -0.445. The molecule has 4 saturated carbocycles. The molecule has 0 aromatic heterocycles. The number of carbonyl (C=O) groups is 1. The number of methoxy groups -OCH3 is 1. The van der Waals surface area contributed by atoms with E-state index in [0.29, 0.717) is 30.8 Å². The molecule has 5 nitrogen and oxygen atoms in total. The van der Waals surface area contributed by atoms with Crippen molar-refractivity contribution in [3.05, 3.63) is 35.9 Å². The van der Waals surface area contributed by atoms with E-state index >= 15 is 0 Å². The van der Waals surface area contributed by atoms with Gasteiger partial charge in [0.1, 0.15) is 12.6 Å². The first-order chi connectivity index (χ1) is 15.9. The van der Waals surface area contributed by atoms with Gasteiger partial charge >= 0.3 is 0 Å². The standard InChI is InChI=1S/C28H40O5/c1-27(25-20-8-9-21(12-20)26(25)30)16-28(17-32-18-31-2)11-10-23(13-22(28)14-24(27)29)33-15-19-6-4-3-5-7-19/h3-7,20-25,29H,8-18H2,1-2H3/t20-,21+,22+,23-,24+,25?,27-,28+/m0/s1. The van der Waals surface area contributed by atoms with E-state index in [1.54, 1.807) is 7.11 Å². The summed E-state index contributed by atoms with van der Waals surface area (Å²) in [6.45, 7) is 3.75. The Labute approximate surface area is 198 Å². The summed E-state index contributed by atoms with van der Waals surface area (Å²) < 4.78 is 17.5. The summed E-state index contributed by atoms with van der Waals surface area (Å²) in [5, 5.41) is 11.5. The van der Waals surface area contributed by atoms with Gasteiger partial charge in [-0.05, 0) is 74.2 Å². The van der Waals surface area contributed by atoms with E-state index in [1.165, 1.54) is 5.56 Å². The van der Waals surface area contributed by atoms with Crippen LogP contribution < -0.4 is 0 Å². The van der Waals surface area contributed by atoms with Crippen LogP contribution in [0.25, 0.3) is 0 Å². The van der Waals surface area contributed by atoms with Gasteiger partial charge in [-0.15, -0.1) is 0 Å². The van der Waals surface area contributed by atoms with Gasteiger partial charge in [-0.3, -0.25) is 4.79 Å². The van der Waals surface area contributed by atoms with Crippen molar-refractivity contribution in [3.8, 4) is 0 Å². The van der Waals surface area contributed by atoms with Gasteiger partial charge in [-0.2, -0.15) is 0 Å². The molecule has 4 aliphatic carbocycles. The molecule has 33 heavy (non-hydrogen) atoms. The van der Waals surface area contributed by atoms with E-state index < -0.39 is 6.10 Å². The third-order valence-electron chi connectivity index (χ3n) is 9.66. The number of fused-ring (bicyclic) bond motifs is 3. The maximum atomic E-state index is 13.2. The zero-order chi connectivity index (χ0) is 23.1. The zero-order valence-electron chi connectivity index (χ0n) is 20.2. The lowest BCUT2D eigenvalue weighted by Gasteiger charge is -2.58. The van der Waals surface area contributed by atoms with E-state index in [1.807, 2.05) is 18.2 Å². The smallest absolute Gasteiger partial charge is 0.146 e. The van der Waals surface area contributed by atoms with E-state index in [2.05, 4.69) is 19.1 Å². The normalized spacial score (nSPS) is 42.5. The highest BCUT2D eigenvalue weighted by Crippen LogP contribution is 2.63. The van der Waals surface area contributed by atoms with Gasteiger partial charge in [0.2, 0.25) is 0 Å². The topological polar surface area (TPSA) is 65.0 Å². The predicted octanol–water partition coefficient (Wildman–Crippen LogP) is 4.76. The highest BCUT2D eigenvalue weighted by molar-refractivity contribution is 5.87. The van der Waals surface area contributed by atoms with Gasteiger partial charge in [0, 0.05) is 24.4 Å². The number of benzene rings is 1. The van der Waals surface area contributed by atoms with Crippen molar-refractivity contribution in [1.82, 2.24) is 0 Å². The Balaban J connectivity index is 1.33. The summed E-state index contributed by atoms with van der Waals surface area (Å²) in [7, 11) is 1.66. The molecule has 4 aliphatic rings. The van der Waals surface area contributed by atoms with Gasteiger partial charge in [0.25, 0.3) is 0 Å². The molecule has 4 fully saturated rings. The molecule has 5 rings (SSSR count). The molecule has 0 amide bonds. The van der Waals surface area contributed by atoms with E-state index in [9.17, 15) is 9.90 Å². The molecular formula is C28H40O5. The molecular weight excluding hydrogens is 416 g/mol. The van der Waals surface area contributed by atoms with Crippen LogP contribution in [0.1, 0.15) is 63.9 Å². The summed E-state index contributed by atoms with van der Waals surface area (Å²) in [6, 6.07) is 10.3. The molecule has 182 valence electrons. The molecule has 1 N–H and O–H groups in total. The Bertz CT molecular complexity index is 827. The van der Waals surface area contributed by atoms with Gasteiger partial charge in [-0.1, -0.05) is 37.3 Å². The first-order valence-electron chi connectivity index (χ1n) is 12.9. The number of ether oxygens (including phenoxy) is 3. The second-order valence-electron chi connectivity index (χ2n) is 11.6. The van der Waals surface area contributed by atoms with E-state index in [0.717, 1.165) is 51.4 Å². The van der Waals surface area contributed by atoms with Gasteiger partial charge in [0.05, 0.1) is 25.4 Å². The molecule has 0 spiro atoms. The molecule has 1 aromatic rings. The molecule has 0 saturated heterocycles. The Hall–Kier alpha value is -1.27. The number of aliphatic hydroxyl groups excluding tert-OH is 1. The zero-order valence-corrected chi connectivity index (χ0v) is 20.2. The summed E-state index contributed by atoms with van der Waals surface area (Å²) in [4.78, 5) is 13.2. The van der Waals surface area contributed by atoms with Crippen molar-refractivity contribution in [2.75, 3.05) is 20.5 Å². The Morgan fingerprint density at radius 2 is 1.91 bits per heavy atom. The van der Waals surface area contributed by atoms with Crippen LogP contribution in [0.15, 0.2) is 30.3 Å². The lowest BCUT2D eigenvalue weighted by atomic mass is 9.48. The van der Waals surface area contributed by atoms with Crippen molar-refractivity contribution in [3.63, 3.8) is 0 Å². The average Bonchev–Trinajstić information content (AvgIpc) is 3.41. The van der Waals surface area contributed by atoms with Crippen molar-refractivity contribution in [2.45, 2.75) is 77.1 Å². The van der Waals surface area contributed by atoms with Crippen LogP contribution in [0.5, 0.6) is 0 Å². The summed E-state index contributed by atoms with van der Waals surface area (Å²) >= 11 is 0. The fourth-order valence-corrected chi connectivity index (χ4v) is 8.09. The maximum absolute atomic E-state index is 13.2. The third kappa shape index (κ3) is 4.31. The van der Waals surface area contributed by atoms with Crippen LogP contribution in [0.3, 0.4) is 0 Å². The Morgan fingerprint density at radius 1 is 1.09 bits per heavy atom. The minimum absolute atomic E-state index is 0.0126. The largest absolute Gasteiger partial charge is 0.393 e. The minimum Gasteiger partial charge on any atom is -0.393 e. The molecule has 5 heteroatoms. The van der Waals surface area contributed by atoms with Crippen molar-refractivity contribution < 1.29 is 24.1 Å². The lowest BCUT2D eigenvalue weighted by molar-refractivity contribution is -0.187. The fourth-order valence-electron chi connectivity index (χ4n) is 8.09. The van der Waals surface area contributed by atoms with Crippen LogP contribution in [0.4, 0.5) is 0 Å². The second kappa shape index (κ2) is 9.41. The van der Waals surface area contributed by atoms with E-state index in [4.69, 9.17) is 14.2 Å². The molecule has 8 atom stereocenters. The first-order valence-corrected chi connectivity index (χ1v) is 12.9. The van der Waals surface area contributed by atoms with Crippen LogP contribution in [0.2, 0.25) is 0 Å². The highest BCUT2D eigenvalue weighted by atomic mass is 16.7. The number of rotatable bonds is 8. The van der Waals surface area contributed by atoms with E-state index in [-0.39, 0.29) is 35.6 Å². The van der Waals surface area contributed by atoms with Crippen LogP contribution in [0, 0.1) is 34.5 Å². The number of hydrogen-bond donors (Lipinski definition) is 1. The van der Waals surface area contributed by atoms with Crippen molar-refractivity contribution in [2.24, 2.45) is 34.5 Å². The number of carbonyl (C=O) groups excluding carboxylic acids is 1. The third-order valence-corrected chi connectivity index (χ3v) is 9.66. The Kier molecular flexibility index (Phi) is 6.69. The number of aliphatic hydroxyl groups is 1. The molecule has 1 unspecified atom stereocenters. The first kappa shape index (κ1) is 23.5. The summed E-state index contributed by atoms with van der Waals surface area (Å²) in [5.74, 6) is 1.48. The lowest BCUT2D eigenvalue weighted by Crippen LogP contribution is -2.58. The van der Waals surface area contributed by atoms with Gasteiger partial charge in [-0.25, -0.2) is 0 Å². The van der Waals surface area contributed by atoms with Crippen LogP contribution >= 0.6 is 0 Å². The van der Waals surface area contributed by atoms with Crippen LogP contribution in [-0.2, 0) is 25.6 Å². The SMILES string of the molecule is COCOC[C@]12CC[C@H](OCc3ccccc3)C[C@@H]1C[C@@H](O)[C@@](C)(C1C(=O)[C@@H]3CC[C@H]1C3)C2. The number of hydrogen-bond acceptors (Lipinski definition) is 5. The number of ketones is 1. The van der Waals surface area contributed by atoms with Crippen molar-refractivity contribution >= 4 is 5.78 Å². The summed E-state index contributed by atoms with van der Waals surface area (Å²) in [5.41, 5.74) is 0.812. The van der Waals surface area contributed by atoms with Gasteiger partial charge in [0.15, 0.2) is 0 Å². The summed E-state index contributed by atoms with van der Waals surface area (Å²) in [6.07, 6.45) is 7.55. The van der Waals surface area contributed by atoms with Crippen molar-refractivity contribution in [1.29, 1.82) is 0 Å². The van der Waals surface area contributed by atoms with Gasteiger partial charge < -0.3 is 19.3 Å². The molecule has 1 aromatic carbocycles. The average molecular weight is 457 g/mol. The fraction of sp³-hybridized carbons (Fsp3) is 0.750. The highest BCUT2D eigenvalue weighted by Gasteiger charge is 2.62. The monoisotopic (exact) mass is 456 g/mol. The maximum Gasteiger partial charge on any atom is 0.146 e. The quantitative estimate of drug-likeness (QED) is 0.452. The molecule has 0 heterocycles.